The molecule has 1 saturated carbocycles. The maximum absolute atomic E-state index is 12.3. The van der Waals surface area contributed by atoms with Gasteiger partial charge >= 0.3 is 5.97 Å². The summed E-state index contributed by atoms with van der Waals surface area (Å²) in [6, 6.07) is 10.6. The summed E-state index contributed by atoms with van der Waals surface area (Å²) in [5, 5.41) is 6.50. The molecule has 3 rings (SSSR count). The lowest BCUT2D eigenvalue weighted by Crippen LogP contribution is -2.33. The van der Waals surface area contributed by atoms with Gasteiger partial charge in [-0.05, 0) is 19.8 Å². The molecule has 0 unspecified atom stereocenters. The predicted octanol–water partition coefficient (Wildman–Crippen LogP) is 2.16. The Balaban J connectivity index is 1.78. The van der Waals surface area contributed by atoms with Crippen LogP contribution in [0.5, 0.6) is 0 Å². The van der Waals surface area contributed by atoms with Gasteiger partial charge in [0.05, 0.1) is 5.69 Å². The van der Waals surface area contributed by atoms with Gasteiger partial charge in [-0.3, -0.25) is 4.79 Å². The van der Waals surface area contributed by atoms with Crippen LogP contribution in [0.4, 0.5) is 0 Å². The van der Waals surface area contributed by atoms with Gasteiger partial charge in [-0.15, -0.1) is 0 Å². The first-order chi connectivity index (χ1) is 10.6. The fourth-order valence-corrected chi connectivity index (χ4v) is 2.03. The van der Waals surface area contributed by atoms with Crippen LogP contribution in [0.2, 0.25) is 0 Å². The summed E-state index contributed by atoms with van der Waals surface area (Å²) in [5.74, 6) is -1.05. The highest BCUT2D eigenvalue weighted by Crippen LogP contribution is 2.24. The maximum atomic E-state index is 12.3. The zero-order valence-corrected chi connectivity index (χ0v) is 12.1. The molecule has 1 aromatic carbocycles. The van der Waals surface area contributed by atoms with Crippen LogP contribution in [0.3, 0.4) is 0 Å². The summed E-state index contributed by atoms with van der Waals surface area (Å²) in [5.41, 5.74) is 1.19. The molecule has 22 heavy (non-hydrogen) atoms. The summed E-state index contributed by atoms with van der Waals surface area (Å²) < 4.78 is 10.2. The molecule has 1 aliphatic rings. The monoisotopic (exact) mass is 300 g/mol. The van der Waals surface area contributed by atoms with Crippen LogP contribution in [0.1, 0.15) is 40.8 Å². The second-order valence-corrected chi connectivity index (χ2v) is 5.31. The van der Waals surface area contributed by atoms with Crippen molar-refractivity contribution in [3.63, 3.8) is 0 Å². The van der Waals surface area contributed by atoms with Crippen LogP contribution in [-0.4, -0.2) is 23.1 Å². The van der Waals surface area contributed by atoms with E-state index in [2.05, 4.69) is 10.5 Å². The molecule has 2 aromatic rings. The van der Waals surface area contributed by atoms with E-state index in [9.17, 15) is 9.59 Å². The molecule has 0 saturated heterocycles. The van der Waals surface area contributed by atoms with Crippen molar-refractivity contribution in [2.75, 3.05) is 0 Å². The number of esters is 1. The Hall–Kier alpha value is -2.63. The number of aromatic nitrogens is 1. The van der Waals surface area contributed by atoms with Crippen molar-refractivity contribution in [3.05, 3.63) is 53.4 Å². The molecule has 1 amide bonds. The lowest BCUT2D eigenvalue weighted by molar-refractivity contribution is -0.130. The van der Waals surface area contributed by atoms with Gasteiger partial charge in [-0.2, -0.15) is 0 Å². The topological polar surface area (TPSA) is 81.4 Å². The third-order valence-electron chi connectivity index (χ3n) is 3.32. The first-order valence-corrected chi connectivity index (χ1v) is 7.13. The largest absolute Gasteiger partial charge is 0.441 e. The van der Waals surface area contributed by atoms with Crippen LogP contribution in [0.25, 0.3) is 0 Å². The van der Waals surface area contributed by atoms with Gasteiger partial charge in [-0.25, -0.2) is 4.79 Å². The molecular formula is C16H16N2O4. The third-order valence-corrected chi connectivity index (χ3v) is 3.32. The van der Waals surface area contributed by atoms with E-state index in [1.54, 1.807) is 31.2 Å². The maximum Gasteiger partial charge on any atom is 0.378 e. The molecule has 1 aliphatic carbocycles. The van der Waals surface area contributed by atoms with Crippen LogP contribution < -0.4 is 5.32 Å². The number of hydrogen-bond acceptors (Lipinski definition) is 5. The second-order valence-electron chi connectivity index (χ2n) is 5.31. The number of nitrogens with zero attached hydrogens (tertiary/aromatic N) is 1. The van der Waals surface area contributed by atoms with Crippen molar-refractivity contribution in [1.82, 2.24) is 10.5 Å². The molecule has 0 radical (unpaired) electrons. The minimum absolute atomic E-state index is 0.0161. The minimum atomic E-state index is -1.00. The molecule has 1 aromatic heterocycles. The van der Waals surface area contributed by atoms with Gasteiger partial charge in [-0.1, -0.05) is 35.5 Å². The number of benzene rings is 1. The van der Waals surface area contributed by atoms with Crippen molar-refractivity contribution in [1.29, 1.82) is 0 Å². The molecule has 6 nitrogen and oxygen atoms in total. The van der Waals surface area contributed by atoms with E-state index in [1.807, 2.05) is 6.07 Å². The molecule has 1 N–H and O–H groups in total. The van der Waals surface area contributed by atoms with Gasteiger partial charge in [0, 0.05) is 17.7 Å². The number of amides is 1. The molecule has 0 spiro atoms. The number of aryl methyl sites for hydroxylation is 1. The Kier molecular flexibility index (Phi) is 3.91. The van der Waals surface area contributed by atoms with E-state index in [-0.39, 0.29) is 17.7 Å². The van der Waals surface area contributed by atoms with Crippen molar-refractivity contribution in [2.45, 2.75) is 31.9 Å². The SMILES string of the molecule is Cc1cc(C(=O)O[C@@H](C(=O)NC2CC2)c2ccccc2)on1. The minimum Gasteiger partial charge on any atom is -0.441 e. The highest BCUT2D eigenvalue weighted by molar-refractivity contribution is 5.90. The van der Waals surface area contributed by atoms with E-state index >= 15 is 0 Å². The standard InChI is InChI=1S/C16H16N2O4/c1-10-9-13(22-18-10)16(20)21-14(11-5-3-2-4-6-11)15(19)17-12-7-8-12/h2-6,9,12,14H,7-8H2,1H3,(H,17,19)/t14-/m1/s1. The third kappa shape index (κ3) is 3.33. The summed E-state index contributed by atoms with van der Waals surface area (Å²) in [4.78, 5) is 24.4. The van der Waals surface area contributed by atoms with E-state index in [4.69, 9.17) is 9.26 Å². The lowest BCUT2D eigenvalue weighted by atomic mass is 10.1. The molecule has 6 heteroatoms. The van der Waals surface area contributed by atoms with Crippen molar-refractivity contribution in [3.8, 4) is 0 Å². The average Bonchev–Trinajstić information content (AvgIpc) is 3.23. The molecule has 0 bridgehead atoms. The molecule has 1 atom stereocenters. The predicted molar refractivity (Wildman–Crippen MR) is 77.0 cm³/mol. The molecule has 114 valence electrons. The molecule has 1 fully saturated rings. The average molecular weight is 300 g/mol. The van der Waals surface area contributed by atoms with Gasteiger partial charge in [0.25, 0.3) is 5.91 Å². The fraction of sp³-hybridized carbons (Fsp3) is 0.312. The first kappa shape index (κ1) is 14.3. The summed E-state index contributed by atoms with van der Waals surface area (Å²) in [6.07, 6.45) is 0.921. The highest BCUT2D eigenvalue weighted by Gasteiger charge is 2.31. The van der Waals surface area contributed by atoms with E-state index in [0.717, 1.165) is 12.8 Å². The highest BCUT2D eigenvalue weighted by atomic mass is 16.6. The van der Waals surface area contributed by atoms with E-state index in [0.29, 0.717) is 11.3 Å². The Morgan fingerprint density at radius 1 is 1.32 bits per heavy atom. The lowest BCUT2D eigenvalue weighted by Gasteiger charge is -2.17. The van der Waals surface area contributed by atoms with Crippen molar-refractivity contribution < 1.29 is 18.8 Å². The number of ether oxygens (including phenoxy) is 1. The van der Waals surface area contributed by atoms with E-state index < -0.39 is 12.1 Å². The first-order valence-electron chi connectivity index (χ1n) is 7.13. The van der Waals surface area contributed by atoms with Crippen LogP contribution in [-0.2, 0) is 9.53 Å². The van der Waals surface area contributed by atoms with Crippen LogP contribution >= 0.6 is 0 Å². The van der Waals surface area contributed by atoms with E-state index in [1.165, 1.54) is 6.07 Å². The van der Waals surface area contributed by atoms with Gasteiger partial charge < -0.3 is 14.6 Å². The number of carbonyl (C=O) groups is 2. The molecule has 1 heterocycles. The second kappa shape index (κ2) is 6.01. The van der Waals surface area contributed by atoms with Gasteiger partial charge in [0.1, 0.15) is 0 Å². The Morgan fingerprint density at radius 2 is 2.05 bits per heavy atom. The van der Waals surface area contributed by atoms with Gasteiger partial charge in [0.2, 0.25) is 11.9 Å². The van der Waals surface area contributed by atoms with Crippen molar-refractivity contribution >= 4 is 11.9 Å². The number of rotatable bonds is 5. The Bertz CT molecular complexity index is 676. The zero-order chi connectivity index (χ0) is 15.5. The number of hydrogen-bond donors (Lipinski definition) is 1. The van der Waals surface area contributed by atoms with Crippen LogP contribution in [0.15, 0.2) is 40.9 Å². The normalized spacial score (nSPS) is 15.1. The fourth-order valence-electron chi connectivity index (χ4n) is 2.03. The Labute approximate surface area is 127 Å². The summed E-state index contributed by atoms with van der Waals surface area (Å²) in [6.45, 7) is 1.70. The van der Waals surface area contributed by atoms with Crippen LogP contribution in [0, 0.1) is 6.92 Å². The molecule has 0 aliphatic heterocycles. The number of carbonyl (C=O) groups excluding carboxylic acids is 2. The molecular weight excluding hydrogens is 284 g/mol. The smallest absolute Gasteiger partial charge is 0.378 e. The van der Waals surface area contributed by atoms with Gasteiger partial charge in [0.15, 0.2) is 0 Å². The summed E-state index contributed by atoms with van der Waals surface area (Å²) >= 11 is 0. The quantitative estimate of drug-likeness (QED) is 0.856. The summed E-state index contributed by atoms with van der Waals surface area (Å²) in [7, 11) is 0. The number of nitrogens with one attached hydrogen (secondary N) is 1. The Morgan fingerprint density at radius 3 is 2.64 bits per heavy atom. The van der Waals surface area contributed by atoms with Crippen molar-refractivity contribution in [2.24, 2.45) is 0 Å². The zero-order valence-electron chi connectivity index (χ0n) is 12.1.